The summed E-state index contributed by atoms with van der Waals surface area (Å²) in [5.74, 6) is -1.21. The molecule has 20 heavy (non-hydrogen) atoms. The fraction of sp³-hybridized carbons (Fsp3) is 0.438. The van der Waals surface area contributed by atoms with E-state index < -0.39 is 12.3 Å². The Hall–Kier alpha value is -1.71. The van der Waals surface area contributed by atoms with E-state index in [1.807, 2.05) is 0 Å². The highest BCUT2D eigenvalue weighted by Gasteiger charge is 2.28. The zero-order valence-electron chi connectivity index (χ0n) is 11.4. The van der Waals surface area contributed by atoms with Crippen molar-refractivity contribution in [1.82, 2.24) is 4.90 Å². The Kier molecular flexibility index (Phi) is 4.88. The molecule has 1 aromatic rings. The third-order valence-electron chi connectivity index (χ3n) is 3.75. The first-order chi connectivity index (χ1) is 9.58. The minimum atomic E-state index is -2.53. The molecule has 1 heterocycles. The normalized spacial score (nSPS) is 17.4. The maximum Gasteiger partial charge on any atom is 0.245 e. The molecule has 1 amide bonds. The molecular weight excluding hydrogens is 260 g/mol. The van der Waals surface area contributed by atoms with Gasteiger partial charge < -0.3 is 4.90 Å². The Labute approximate surface area is 118 Å². The number of halogens is 2. The number of carbonyl (C=O) groups excluding carboxylic acids is 1. The van der Waals surface area contributed by atoms with Crippen LogP contribution in [0.2, 0.25) is 0 Å². The summed E-state index contributed by atoms with van der Waals surface area (Å²) in [7, 11) is 0. The van der Waals surface area contributed by atoms with E-state index in [-0.39, 0.29) is 12.3 Å². The third kappa shape index (κ3) is 3.65. The van der Waals surface area contributed by atoms with Gasteiger partial charge in [0.1, 0.15) is 0 Å². The van der Waals surface area contributed by atoms with Crippen LogP contribution in [0.3, 0.4) is 0 Å². The van der Waals surface area contributed by atoms with Crippen molar-refractivity contribution in [2.24, 2.45) is 0 Å². The summed E-state index contributed by atoms with van der Waals surface area (Å²) >= 11 is 0. The summed E-state index contributed by atoms with van der Waals surface area (Å²) < 4.78 is 26.4. The molecule has 0 aromatic heterocycles. The summed E-state index contributed by atoms with van der Waals surface area (Å²) in [4.78, 5) is 13.8. The largest absolute Gasteiger partial charge is 0.342 e. The average Bonchev–Trinajstić information content (AvgIpc) is 2.46. The zero-order chi connectivity index (χ0) is 14.5. The van der Waals surface area contributed by atoms with E-state index >= 15 is 0 Å². The zero-order valence-corrected chi connectivity index (χ0v) is 11.4. The molecule has 108 valence electrons. The highest BCUT2D eigenvalue weighted by atomic mass is 19.3. The lowest BCUT2D eigenvalue weighted by atomic mass is 9.95. The third-order valence-corrected chi connectivity index (χ3v) is 3.75. The van der Waals surface area contributed by atoms with Crippen LogP contribution in [0.5, 0.6) is 0 Å². The Morgan fingerprint density at radius 3 is 2.35 bits per heavy atom. The van der Waals surface area contributed by atoms with Gasteiger partial charge in [0.25, 0.3) is 0 Å². The monoisotopic (exact) mass is 279 g/mol. The van der Waals surface area contributed by atoms with E-state index in [1.165, 1.54) is 0 Å². The lowest BCUT2D eigenvalue weighted by Crippen LogP contribution is -2.37. The van der Waals surface area contributed by atoms with Gasteiger partial charge >= 0.3 is 0 Å². The van der Waals surface area contributed by atoms with Gasteiger partial charge in [-0.3, -0.25) is 4.79 Å². The van der Waals surface area contributed by atoms with Crippen LogP contribution in [0.4, 0.5) is 8.78 Å². The van der Waals surface area contributed by atoms with Gasteiger partial charge in [0.05, 0.1) is 5.92 Å². The van der Waals surface area contributed by atoms with Crippen molar-refractivity contribution in [3.63, 3.8) is 0 Å². The second kappa shape index (κ2) is 6.64. The summed E-state index contributed by atoms with van der Waals surface area (Å²) in [6.45, 7) is 5.09. The van der Waals surface area contributed by atoms with Crippen LogP contribution < -0.4 is 0 Å². The molecule has 0 spiro atoms. The number of benzene rings is 1. The second-order valence-electron chi connectivity index (χ2n) is 5.19. The van der Waals surface area contributed by atoms with Crippen molar-refractivity contribution in [3.8, 4) is 0 Å². The van der Waals surface area contributed by atoms with Gasteiger partial charge in [-0.1, -0.05) is 42.5 Å². The lowest BCUT2D eigenvalue weighted by molar-refractivity contribution is -0.133. The van der Waals surface area contributed by atoms with E-state index in [0.29, 0.717) is 18.7 Å². The predicted octanol–water partition coefficient (Wildman–Crippen LogP) is 3.60. The van der Waals surface area contributed by atoms with Crippen molar-refractivity contribution >= 4 is 5.91 Å². The van der Waals surface area contributed by atoms with Gasteiger partial charge in [-0.25, -0.2) is 8.78 Å². The fourth-order valence-electron chi connectivity index (χ4n) is 2.44. The van der Waals surface area contributed by atoms with Crippen LogP contribution >= 0.6 is 0 Å². The van der Waals surface area contributed by atoms with E-state index in [1.54, 1.807) is 35.2 Å². The molecule has 1 fully saturated rings. The first-order valence-corrected chi connectivity index (χ1v) is 6.85. The van der Waals surface area contributed by atoms with E-state index in [4.69, 9.17) is 0 Å². The van der Waals surface area contributed by atoms with Crippen molar-refractivity contribution in [2.75, 3.05) is 13.1 Å². The molecule has 1 saturated heterocycles. The summed E-state index contributed by atoms with van der Waals surface area (Å²) in [6.07, 6.45) is -1.11. The van der Waals surface area contributed by atoms with Crippen LogP contribution in [-0.2, 0) is 4.79 Å². The van der Waals surface area contributed by atoms with Crippen molar-refractivity contribution < 1.29 is 13.6 Å². The standard InChI is InChI=1S/C16H19F2NO/c1-12-7-9-19(10-8-12)15(20)11-14(16(17)18)13-5-3-2-4-6-13/h2-6,14,16H,1,7-11H2/t14-/m1/s1. The number of amides is 1. The Morgan fingerprint density at radius 2 is 1.80 bits per heavy atom. The maximum absolute atomic E-state index is 13.2. The lowest BCUT2D eigenvalue weighted by Gasteiger charge is -2.29. The van der Waals surface area contributed by atoms with Crippen LogP contribution in [0.1, 0.15) is 30.7 Å². The molecule has 4 heteroatoms. The smallest absolute Gasteiger partial charge is 0.245 e. The summed E-state index contributed by atoms with van der Waals surface area (Å²) in [6, 6.07) is 8.54. The van der Waals surface area contributed by atoms with Gasteiger partial charge in [-0.05, 0) is 18.4 Å². The fourth-order valence-corrected chi connectivity index (χ4v) is 2.44. The predicted molar refractivity (Wildman–Crippen MR) is 74.8 cm³/mol. The molecule has 0 bridgehead atoms. The topological polar surface area (TPSA) is 20.3 Å². The Bertz CT molecular complexity index is 463. The van der Waals surface area contributed by atoms with Crippen molar-refractivity contribution in [2.45, 2.75) is 31.6 Å². The second-order valence-corrected chi connectivity index (χ2v) is 5.19. The van der Waals surface area contributed by atoms with Crippen LogP contribution in [0.25, 0.3) is 0 Å². The Balaban J connectivity index is 2.02. The van der Waals surface area contributed by atoms with Gasteiger partial charge in [0, 0.05) is 19.5 Å². The molecule has 1 aliphatic heterocycles. The summed E-state index contributed by atoms with van der Waals surface area (Å²) in [5, 5.41) is 0. The molecule has 1 atom stereocenters. The van der Waals surface area contributed by atoms with E-state index in [9.17, 15) is 13.6 Å². The molecule has 2 nitrogen and oxygen atoms in total. The van der Waals surface area contributed by atoms with Crippen molar-refractivity contribution in [1.29, 1.82) is 0 Å². The minimum Gasteiger partial charge on any atom is -0.342 e. The number of rotatable bonds is 4. The van der Waals surface area contributed by atoms with Crippen LogP contribution in [0, 0.1) is 0 Å². The molecule has 1 aromatic carbocycles. The average molecular weight is 279 g/mol. The molecule has 0 aliphatic carbocycles. The van der Waals surface area contributed by atoms with E-state index in [0.717, 1.165) is 18.4 Å². The highest BCUT2D eigenvalue weighted by Crippen LogP contribution is 2.28. The van der Waals surface area contributed by atoms with Crippen LogP contribution in [-0.4, -0.2) is 30.3 Å². The molecule has 0 saturated carbocycles. The summed E-state index contributed by atoms with van der Waals surface area (Å²) in [5.41, 5.74) is 1.65. The quantitative estimate of drug-likeness (QED) is 0.771. The number of likely N-dealkylation sites (tertiary alicyclic amines) is 1. The number of hydrogen-bond acceptors (Lipinski definition) is 1. The van der Waals surface area contributed by atoms with E-state index in [2.05, 4.69) is 6.58 Å². The Morgan fingerprint density at radius 1 is 1.20 bits per heavy atom. The molecule has 0 radical (unpaired) electrons. The molecule has 2 rings (SSSR count). The maximum atomic E-state index is 13.2. The minimum absolute atomic E-state index is 0.131. The van der Waals surface area contributed by atoms with Gasteiger partial charge in [0.15, 0.2) is 0 Å². The van der Waals surface area contributed by atoms with Gasteiger partial charge in [-0.2, -0.15) is 0 Å². The van der Waals surface area contributed by atoms with Gasteiger partial charge in [0.2, 0.25) is 12.3 Å². The molecule has 0 N–H and O–H groups in total. The van der Waals surface area contributed by atoms with Gasteiger partial charge in [-0.15, -0.1) is 0 Å². The van der Waals surface area contributed by atoms with Crippen molar-refractivity contribution in [3.05, 3.63) is 48.0 Å². The molecule has 1 aliphatic rings. The molecule has 0 unspecified atom stereocenters. The molecular formula is C16H19F2NO. The number of alkyl halides is 2. The van der Waals surface area contributed by atoms with Crippen LogP contribution in [0.15, 0.2) is 42.5 Å². The first kappa shape index (κ1) is 14.7. The first-order valence-electron chi connectivity index (χ1n) is 6.85. The number of piperidine rings is 1. The number of nitrogens with zero attached hydrogens (tertiary/aromatic N) is 1. The number of carbonyl (C=O) groups is 1. The SMILES string of the molecule is C=C1CCN(C(=O)C[C@H](c2ccccc2)C(F)F)CC1. The number of hydrogen-bond donors (Lipinski definition) is 0. The highest BCUT2D eigenvalue weighted by molar-refractivity contribution is 5.77.